The van der Waals surface area contributed by atoms with Crippen LogP contribution < -0.4 is 5.32 Å². The van der Waals surface area contributed by atoms with Gasteiger partial charge in [-0.1, -0.05) is 13.8 Å². The molecule has 2 rings (SSSR count). The van der Waals surface area contributed by atoms with Crippen molar-refractivity contribution in [2.24, 2.45) is 5.92 Å². The van der Waals surface area contributed by atoms with Gasteiger partial charge in [0.05, 0.1) is 0 Å². The SMILES string of the molecule is CC(C)C1CN(C2CCN(C)C(C)C2)C(C)CN1. The van der Waals surface area contributed by atoms with Gasteiger partial charge in [-0.2, -0.15) is 0 Å². The van der Waals surface area contributed by atoms with Gasteiger partial charge in [0.25, 0.3) is 0 Å². The minimum atomic E-state index is 0.677. The molecule has 0 amide bonds. The molecule has 2 saturated heterocycles. The van der Waals surface area contributed by atoms with Gasteiger partial charge in [0, 0.05) is 37.3 Å². The molecule has 0 radical (unpaired) electrons. The Morgan fingerprint density at radius 1 is 1.17 bits per heavy atom. The standard InChI is InChI=1S/C15H31N3/c1-11(2)15-10-18(13(4)9-16-15)14-6-7-17(5)12(3)8-14/h11-16H,6-10H2,1-5H3. The van der Waals surface area contributed by atoms with Crippen LogP contribution in [0.1, 0.15) is 40.5 Å². The normalized spacial score (nSPS) is 40.3. The minimum absolute atomic E-state index is 0.677. The number of piperazine rings is 1. The number of piperidine rings is 1. The van der Waals surface area contributed by atoms with E-state index in [1.54, 1.807) is 0 Å². The summed E-state index contributed by atoms with van der Waals surface area (Å²) in [4.78, 5) is 5.29. The predicted molar refractivity (Wildman–Crippen MR) is 77.9 cm³/mol. The molecule has 2 aliphatic rings. The Bertz CT molecular complexity index is 266. The highest BCUT2D eigenvalue weighted by atomic mass is 15.3. The Hall–Kier alpha value is -0.120. The Labute approximate surface area is 113 Å². The summed E-state index contributed by atoms with van der Waals surface area (Å²) in [6, 6.07) is 2.91. The van der Waals surface area contributed by atoms with Gasteiger partial charge in [-0.25, -0.2) is 0 Å². The first kappa shape index (κ1) is 14.3. The second kappa shape index (κ2) is 5.89. The molecule has 0 aromatic rings. The van der Waals surface area contributed by atoms with Crippen molar-refractivity contribution in [3.8, 4) is 0 Å². The lowest BCUT2D eigenvalue weighted by Gasteiger charge is -2.48. The van der Waals surface area contributed by atoms with E-state index in [1.165, 1.54) is 25.9 Å². The third-order valence-corrected chi connectivity index (χ3v) is 5.10. The molecule has 4 atom stereocenters. The molecule has 0 aliphatic carbocycles. The number of rotatable bonds is 2. The van der Waals surface area contributed by atoms with Gasteiger partial charge in [0.15, 0.2) is 0 Å². The first-order valence-corrected chi connectivity index (χ1v) is 7.68. The van der Waals surface area contributed by atoms with Crippen molar-refractivity contribution in [1.82, 2.24) is 15.1 Å². The van der Waals surface area contributed by atoms with E-state index in [4.69, 9.17) is 0 Å². The van der Waals surface area contributed by atoms with E-state index in [0.717, 1.165) is 24.5 Å². The van der Waals surface area contributed by atoms with Crippen molar-refractivity contribution in [3.05, 3.63) is 0 Å². The third kappa shape index (κ3) is 3.06. The Balaban J connectivity index is 1.97. The zero-order valence-corrected chi connectivity index (χ0v) is 12.8. The van der Waals surface area contributed by atoms with E-state index < -0.39 is 0 Å². The smallest absolute Gasteiger partial charge is 0.0218 e. The molecule has 4 unspecified atom stereocenters. The number of likely N-dealkylation sites (tertiary alicyclic amines) is 1. The average Bonchev–Trinajstić information content (AvgIpc) is 2.33. The average molecular weight is 253 g/mol. The first-order chi connectivity index (χ1) is 8.49. The zero-order valence-electron chi connectivity index (χ0n) is 12.8. The molecule has 0 bridgehead atoms. The van der Waals surface area contributed by atoms with E-state index in [1.807, 2.05) is 0 Å². The summed E-state index contributed by atoms with van der Waals surface area (Å²) in [5, 5.41) is 3.71. The lowest BCUT2D eigenvalue weighted by molar-refractivity contribution is 0.0300. The van der Waals surface area contributed by atoms with E-state index in [2.05, 4.69) is 49.9 Å². The molecule has 0 aromatic carbocycles. The summed E-state index contributed by atoms with van der Waals surface area (Å²) in [6.45, 7) is 13.1. The van der Waals surface area contributed by atoms with Crippen LogP contribution in [0.15, 0.2) is 0 Å². The van der Waals surface area contributed by atoms with E-state index in [9.17, 15) is 0 Å². The van der Waals surface area contributed by atoms with Crippen LogP contribution in [0.3, 0.4) is 0 Å². The third-order valence-electron chi connectivity index (χ3n) is 5.10. The van der Waals surface area contributed by atoms with E-state index in [0.29, 0.717) is 12.1 Å². The lowest BCUT2D eigenvalue weighted by atomic mass is 9.92. The van der Waals surface area contributed by atoms with Crippen LogP contribution in [-0.4, -0.2) is 60.6 Å². The molecular formula is C15H31N3. The van der Waals surface area contributed by atoms with Gasteiger partial charge in [0.2, 0.25) is 0 Å². The second-order valence-corrected chi connectivity index (χ2v) is 6.81. The van der Waals surface area contributed by atoms with Crippen LogP contribution in [-0.2, 0) is 0 Å². The fourth-order valence-corrected chi connectivity index (χ4v) is 3.43. The van der Waals surface area contributed by atoms with Gasteiger partial charge in [0.1, 0.15) is 0 Å². The number of hydrogen-bond donors (Lipinski definition) is 1. The number of nitrogens with one attached hydrogen (secondary N) is 1. The van der Waals surface area contributed by atoms with Crippen molar-refractivity contribution >= 4 is 0 Å². The van der Waals surface area contributed by atoms with Crippen LogP contribution in [0, 0.1) is 5.92 Å². The van der Waals surface area contributed by atoms with Crippen molar-refractivity contribution in [2.45, 2.75) is 64.7 Å². The molecule has 0 saturated carbocycles. The fourth-order valence-electron chi connectivity index (χ4n) is 3.43. The molecule has 2 heterocycles. The van der Waals surface area contributed by atoms with Crippen LogP contribution >= 0.6 is 0 Å². The van der Waals surface area contributed by atoms with Gasteiger partial charge >= 0.3 is 0 Å². The summed E-state index contributed by atoms with van der Waals surface area (Å²) < 4.78 is 0. The fraction of sp³-hybridized carbons (Fsp3) is 1.00. The van der Waals surface area contributed by atoms with Crippen LogP contribution in [0.25, 0.3) is 0 Å². The second-order valence-electron chi connectivity index (χ2n) is 6.81. The van der Waals surface area contributed by atoms with Gasteiger partial charge in [-0.05, 0) is 46.2 Å². The summed E-state index contributed by atoms with van der Waals surface area (Å²) in [5.74, 6) is 0.740. The largest absolute Gasteiger partial charge is 0.311 e. The van der Waals surface area contributed by atoms with Gasteiger partial charge in [-0.3, -0.25) is 4.90 Å². The van der Waals surface area contributed by atoms with Crippen LogP contribution in [0.2, 0.25) is 0 Å². The highest BCUT2D eigenvalue weighted by molar-refractivity contribution is 4.92. The van der Waals surface area contributed by atoms with Crippen LogP contribution in [0.4, 0.5) is 0 Å². The highest BCUT2D eigenvalue weighted by Crippen LogP contribution is 2.25. The Morgan fingerprint density at radius 2 is 1.89 bits per heavy atom. The van der Waals surface area contributed by atoms with E-state index in [-0.39, 0.29) is 0 Å². The molecule has 2 aliphatic heterocycles. The quantitative estimate of drug-likeness (QED) is 0.809. The number of hydrogen-bond acceptors (Lipinski definition) is 3. The van der Waals surface area contributed by atoms with E-state index >= 15 is 0 Å². The first-order valence-electron chi connectivity index (χ1n) is 7.68. The molecule has 106 valence electrons. The maximum atomic E-state index is 3.71. The molecule has 0 aromatic heterocycles. The van der Waals surface area contributed by atoms with Gasteiger partial charge in [-0.15, -0.1) is 0 Å². The maximum Gasteiger partial charge on any atom is 0.0218 e. The van der Waals surface area contributed by atoms with Crippen molar-refractivity contribution in [2.75, 3.05) is 26.7 Å². The summed E-state index contributed by atoms with van der Waals surface area (Å²) in [5.41, 5.74) is 0. The molecule has 2 fully saturated rings. The van der Waals surface area contributed by atoms with Crippen molar-refractivity contribution in [3.63, 3.8) is 0 Å². The summed E-state index contributed by atoms with van der Waals surface area (Å²) >= 11 is 0. The maximum absolute atomic E-state index is 3.71. The van der Waals surface area contributed by atoms with Crippen LogP contribution in [0.5, 0.6) is 0 Å². The topological polar surface area (TPSA) is 18.5 Å². The highest BCUT2D eigenvalue weighted by Gasteiger charge is 2.34. The monoisotopic (exact) mass is 253 g/mol. The summed E-state index contributed by atoms with van der Waals surface area (Å²) in [6.07, 6.45) is 2.68. The van der Waals surface area contributed by atoms with Crippen molar-refractivity contribution in [1.29, 1.82) is 0 Å². The molecule has 1 N–H and O–H groups in total. The zero-order chi connectivity index (χ0) is 13.3. The predicted octanol–water partition coefficient (Wildman–Crippen LogP) is 1.79. The molecule has 3 heteroatoms. The van der Waals surface area contributed by atoms with Crippen molar-refractivity contribution < 1.29 is 0 Å². The molecule has 3 nitrogen and oxygen atoms in total. The lowest BCUT2D eigenvalue weighted by Crippen LogP contribution is -2.61. The van der Waals surface area contributed by atoms with Gasteiger partial charge < -0.3 is 10.2 Å². The molecular weight excluding hydrogens is 222 g/mol. The molecule has 0 spiro atoms. The minimum Gasteiger partial charge on any atom is -0.311 e. The number of nitrogens with zero attached hydrogens (tertiary/aromatic N) is 2. The Morgan fingerprint density at radius 3 is 2.50 bits per heavy atom. The molecule has 18 heavy (non-hydrogen) atoms. The summed E-state index contributed by atoms with van der Waals surface area (Å²) in [7, 11) is 2.26. The Kier molecular flexibility index (Phi) is 4.68.